The Morgan fingerprint density at radius 1 is 1.33 bits per heavy atom. The van der Waals surface area contributed by atoms with E-state index in [2.05, 4.69) is 34.0 Å². The van der Waals surface area contributed by atoms with E-state index in [9.17, 15) is 0 Å². The van der Waals surface area contributed by atoms with Crippen molar-refractivity contribution in [2.24, 2.45) is 0 Å². The number of aryl methyl sites for hydroxylation is 1. The van der Waals surface area contributed by atoms with Gasteiger partial charge in [0, 0.05) is 4.88 Å². The van der Waals surface area contributed by atoms with Crippen LogP contribution in [0.5, 0.6) is 0 Å². The van der Waals surface area contributed by atoms with Crippen molar-refractivity contribution in [3.05, 3.63) is 50.9 Å². The van der Waals surface area contributed by atoms with Crippen LogP contribution in [-0.4, -0.2) is 9.55 Å². The first-order valence-electron chi connectivity index (χ1n) is 6.95. The third-order valence-corrected chi connectivity index (χ3v) is 5.08. The number of hydrogen-bond acceptors (Lipinski definition) is 2. The highest BCUT2D eigenvalue weighted by Gasteiger charge is 2.17. The zero-order valence-electron chi connectivity index (χ0n) is 11.9. The SMILES string of the molecule is CCc1ccsc1Cn1c(C(C)Cl)nc2c(Cl)cccc21. The summed E-state index contributed by atoms with van der Waals surface area (Å²) in [6.45, 7) is 4.92. The minimum absolute atomic E-state index is 0.154. The van der Waals surface area contributed by atoms with Gasteiger partial charge in [0.05, 0.1) is 22.5 Å². The number of fused-ring (bicyclic) bond motifs is 1. The molecule has 0 radical (unpaired) electrons. The highest BCUT2D eigenvalue weighted by atomic mass is 35.5. The molecule has 5 heteroatoms. The maximum Gasteiger partial charge on any atom is 0.128 e. The Hall–Kier alpha value is -1.03. The molecular weight excluding hydrogens is 323 g/mol. The van der Waals surface area contributed by atoms with E-state index in [0.717, 1.165) is 29.8 Å². The molecule has 110 valence electrons. The van der Waals surface area contributed by atoms with E-state index >= 15 is 0 Å². The molecule has 0 aliphatic carbocycles. The van der Waals surface area contributed by atoms with Gasteiger partial charge in [0.2, 0.25) is 0 Å². The van der Waals surface area contributed by atoms with Gasteiger partial charge in [-0.05, 0) is 42.5 Å². The predicted octanol–water partition coefficient (Wildman–Crippen LogP) is 5.66. The molecule has 3 aromatic rings. The highest BCUT2D eigenvalue weighted by molar-refractivity contribution is 7.10. The molecule has 1 atom stereocenters. The van der Waals surface area contributed by atoms with Crippen LogP contribution in [0.3, 0.4) is 0 Å². The summed E-state index contributed by atoms with van der Waals surface area (Å²) in [6.07, 6.45) is 1.04. The van der Waals surface area contributed by atoms with Crippen LogP contribution < -0.4 is 0 Å². The first-order chi connectivity index (χ1) is 10.1. The fraction of sp³-hybridized carbons (Fsp3) is 0.312. The molecule has 21 heavy (non-hydrogen) atoms. The average Bonchev–Trinajstić information content (AvgIpc) is 3.05. The van der Waals surface area contributed by atoms with Gasteiger partial charge in [-0.2, -0.15) is 0 Å². The number of imidazole rings is 1. The van der Waals surface area contributed by atoms with Crippen molar-refractivity contribution in [2.75, 3.05) is 0 Å². The molecule has 0 aliphatic heterocycles. The Labute approximate surface area is 138 Å². The van der Waals surface area contributed by atoms with E-state index in [1.165, 1.54) is 10.4 Å². The number of para-hydroxylation sites is 1. The summed E-state index contributed by atoms with van der Waals surface area (Å²) >= 11 is 14.4. The summed E-state index contributed by atoms with van der Waals surface area (Å²) in [5.41, 5.74) is 3.26. The zero-order valence-corrected chi connectivity index (χ0v) is 14.3. The minimum Gasteiger partial charge on any atom is -0.321 e. The maximum absolute atomic E-state index is 6.32. The van der Waals surface area contributed by atoms with Gasteiger partial charge in [-0.15, -0.1) is 22.9 Å². The van der Waals surface area contributed by atoms with E-state index in [-0.39, 0.29) is 5.38 Å². The molecule has 0 aliphatic rings. The molecule has 0 amide bonds. The van der Waals surface area contributed by atoms with Crippen molar-refractivity contribution in [1.29, 1.82) is 0 Å². The second kappa shape index (κ2) is 5.99. The molecule has 0 saturated carbocycles. The number of nitrogens with zero attached hydrogens (tertiary/aromatic N) is 2. The molecule has 0 saturated heterocycles. The molecule has 2 nitrogen and oxygen atoms in total. The number of benzene rings is 1. The van der Waals surface area contributed by atoms with Crippen LogP contribution in [0.4, 0.5) is 0 Å². The van der Waals surface area contributed by atoms with Crippen LogP contribution in [0.25, 0.3) is 11.0 Å². The Morgan fingerprint density at radius 2 is 2.14 bits per heavy atom. The standard InChI is InChI=1S/C16H16Cl2N2S/c1-3-11-7-8-21-14(11)9-20-13-6-4-5-12(18)15(13)19-16(20)10(2)17/h4-8,10H,3,9H2,1-2H3. The Kier molecular flexibility index (Phi) is 4.25. The first-order valence-corrected chi connectivity index (χ1v) is 8.65. The second-order valence-corrected chi connectivity index (χ2v) is 7.06. The van der Waals surface area contributed by atoms with Crippen molar-refractivity contribution in [3.8, 4) is 0 Å². The summed E-state index contributed by atoms with van der Waals surface area (Å²) < 4.78 is 2.18. The number of rotatable bonds is 4. The molecule has 1 unspecified atom stereocenters. The van der Waals surface area contributed by atoms with Crippen LogP contribution in [-0.2, 0) is 13.0 Å². The molecule has 2 heterocycles. The molecule has 0 bridgehead atoms. The van der Waals surface area contributed by atoms with E-state index in [1.807, 2.05) is 19.1 Å². The van der Waals surface area contributed by atoms with E-state index < -0.39 is 0 Å². The second-order valence-electron chi connectivity index (χ2n) is 5.00. The molecule has 0 fully saturated rings. The summed E-state index contributed by atoms with van der Waals surface area (Å²) in [5, 5.41) is 2.66. The molecule has 3 rings (SSSR count). The fourth-order valence-electron chi connectivity index (χ4n) is 2.56. The van der Waals surface area contributed by atoms with Gasteiger partial charge in [-0.25, -0.2) is 4.98 Å². The summed E-state index contributed by atoms with van der Waals surface area (Å²) in [5.74, 6) is 0.871. The maximum atomic E-state index is 6.32. The van der Waals surface area contributed by atoms with Crippen LogP contribution >= 0.6 is 34.5 Å². The van der Waals surface area contributed by atoms with Crippen LogP contribution in [0.1, 0.15) is 35.5 Å². The lowest BCUT2D eigenvalue weighted by Crippen LogP contribution is -2.06. The van der Waals surface area contributed by atoms with Crippen molar-refractivity contribution >= 4 is 45.6 Å². The topological polar surface area (TPSA) is 17.8 Å². The fourth-order valence-corrected chi connectivity index (χ4v) is 3.91. The monoisotopic (exact) mass is 338 g/mol. The predicted molar refractivity (Wildman–Crippen MR) is 91.8 cm³/mol. The number of alkyl halides is 1. The van der Waals surface area contributed by atoms with Crippen LogP contribution in [0, 0.1) is 0 Å². The number of thiophene rings is 1. The largest absolute Gasteiger partial charge is 0.321 e. The normalized spacial score (nSPS) is 13.0. The van der Waals surface area contributed by atoms with Crippen molar-refractivity contribution < 1.29 is 0 Å². The zero-order chi connectivity index (χ0) is 15.0. The number of aromatic nitrogens is 2. The van der Waals surface area contributed by atoms with Gasteiger partial charge in [-0.1, -0.05) is 24.6 Å². The summed E-state index contributed by atoms with van der Waals surface area (Å²) in [6, 6.07) is 8.07. The third kappa shape index (κ3) is 2.70. The van der Waals surface area contributed by atoms with Crippen LogP contribution in [0.15, 0.2) is 29.6 Å². The Balaban J connectivity index is 2.16. The minimum atomic E-state index is -0.154. The summed E-state index contributed by atoms with van der Waals surface area (Å²) in [7, 11) is 0. The molecule has 0 spiro atoms. The van der Waals surface area contributed by atoms with Gasteiger partial charge in [0.15, 0.2) is 0 Å². The quantitative estimate of drug-likeness (QED) is 0.561. The Bertz CT molecular complexity index is 774. The van der Waals surface area contributed by atoms with E-state index in [0.29, 0.717) is 5.02 Å². The van der Waals surface area contributed by atoms with Gasteiger partial charge in [0.1, 0.15) is 11.3 Å². The third-order valence-electron chi connectivity index (χ3n) is 3.64. The lowest BCUT2D eigenvalue weighted by Gasteiger charge is -2.10. The molecule has 2 aromatic heterocycles. The average molecular weight is 339 g/mol. The number of halogens is 2. The molecular formula is C16H16Cl2N2S. The van der Waals surface area contributed by atoms with E-state index in [1.54, 1.807) is 11.3 Å². The van der Waals surface area contributed by atoms with Gasteiger partial charge >= 0.3 is 0 Å². The van der Waals surface area contributed by atoms with E-state index in [4.69, 9.17) is 23.2 Å². The van der Waals surface area contributed by atoms with Gasteiger partial charge in [-0.3, -0.25) is 0 Å². The smallest absolute Gasteiger partial charge is 0.128 e. The van der Waals surface area contributed by atoms with Gasteiger partial charge in [0.25, 0.3) is 0 Å². The molecule has 0 N–H and O–H groups in total. The van der Waals surface area contributed by atoms with Gasteiger partial charge < -0.3 is 4.57 Å². The first kappa shape index (κ1) is 14.9. The highest BCUT2D eigenvalue weighted by Crippen LogP contribution is 2.30. The summed E-state index contributed by atoms with van der Waals surface area (Å²) in [4.78, 5) is 6.01. The lowest BCUT2D eigenvalue weighted by molar-refractivity contribution is 0.746. The molecule has 1 aromatic carbocycles. The van der Waals surface area contributed by atoms with Crippen LogP contribution in [0.2, 0.25) is 5.02 Å². The van der Waals surface area contributed by atoms with Crippen molar-refractivity contribution in [2.45, 2.75) is 32.2 Å². The Morgan fingerprint density at radius 3 is 2.86 bits per heavy atom. The lowest BCUT2D eigenvalue weighted by atomic mass is 10.2. The van der Waals surface area contributed by atoms with Crippen molar-refractivity contribution in [3.63, 3.8) is 0 Å². The van der Waals surface area contributed by atoms with Crippen molar-refractivity contribution in [1.82, 2.24) is 9.55 Å². The number of hydrogen-bond donors (Lipinski definition) is 0.